The number of fused-ring (bicyclic) bond motifs is 1. The zero-order valence-electron chi connectivity index (χ0n) is 14.8. The molecule has 2 aromatic carbocycles. The second-order valence-electron chi connectivity index (χ2n) is 6.69. The minimum Gasteiger partial charge on any atom is -0.475 e. The number of carbonyl (C=O) groups is 1. The molecule has 5 nitrogen and oxygen atoms in total. The van der Waals surface area contributed by atoms with Gasteiger partial charge in [-0.3, -0.25) is 4.90 Å². The fraction of sp³-hybridized carbons (Fsp3) is 0.250. The van der Waals surface area contributed by atoms with E-state index >= 15 is 0 Å². The molecular formula is C20H17BrCl2N2O3. The monoisotopic (exact) mass is 482 g/mol. The number of aromatic carboxylic acids is 1. The van der Waals surface area contributed by atoms with Gasteiger partial charge in [-0.1, -0.05) is 29.3 Å². The Morgan fingerprint density at radius 3 is 2.43 bits per heavy atom. The number of anilines is 1. The second-order valence-corrected chi connectivity index (χ2v) is 8.30. The number of hydrogen-bond donors (Lipinski definition) is 1. The number of carboxylic acids is 1. The van der Waals surface area contributed by atoms with E-state index in [4.69, 9.17) is 32.7 Å². The average Bonchev–Trinajstić information content (AvgIpc) is 3.12. The Balaban J connectivity index is 1.49. The van der Waals surface area contributed by atoms with Gasteiger partial charge in [-0.15, -0.1) is 0 Å². The molecule has 146 valence electrons. The minimum atomic E-state index is -1.07. The maximum Gasteiger partial charge on any atom is 0.371 e. The molecule has 0 spiro atoms. The van der Waals surface area contributed by atoms with Crippen molar-refractivity contribution in [1.29, 1.82) is 0 Å². The highest BCUT2D eigenvalue weighted by molar-refractivity contribution is 9.10. The van der Waals surface area contributed by atoms with Crippen molar-refractivity contribution in [3.05, 3.63) is 62.2 Å². The molecule has 1 aromatic heterocycles. The Bertz CT molecular complexity index is 1030. The van der Waals surface area contributed by atoms with E-state index in [9.17, 15) is 4.79 Å². The van der Waals surface area contributed by atoms with E-state index in [1.54, 1.807) is 6.07 Å². The van der Waals surface area contributed by atoms with Crippen LogP contribution in [0.25, 0.3) is 11.0 Å². The molecule has 1 N–H and O–H groups in total. The predicted octanol–water partition coefficient (Wildman–Crippen LogP) is 5.52. The minimum absolute atomic E-state index is 0.0608. The molecule has 1 aliphatic rings. The van der Waals surface area contributed by atoms with Gasteiger partial charge in [0.15, 0.2) is 0 Å². The summed E-state index contributed by atoms with van der Waals surface area (Å²) in [6.45, 7) is 4.15. The summed E-state index contributed by atoms with van der Waals surface area (Å²) >= 11 is 16.2. The lowest BCUT2D eigenvalue weighted by Crippen LogP contribution is -2.46. The fourth-order valence-electron chi connectivity index (χ4n) is 3.47. The van der Waals surface area contributed by atoms with Crippen LogP contribution in [0, 0.1) is 0 Å². The Kier molecular flexibility index (Phi) is 5.56. The van der Waals surface area contributed by atoms with Gasteiger partial charge in [-0.05, 0) is 40.2 Å². The van der Waals surface area contributed by atoms with Crippen LogP contribution in [0.15, 0.2) is 45.3 Å². The zero-order valence-corrected chi connectivity index (χ0v) is 17.9. The highest BCUT2D eigenvalue weighted by Gasteiger charge is 2.22. The summed E-state index contributed by atoms with van der Waals surface area (Å²) in [5, 5.41) is 11.3. The smallest absolute Gasteiger partial charge is 0.371 e. The Morgan fingerprint density at radius 1 is 1.11 bits per heavy atom. The number of halogens is 3. The molecular weight excluding hydrogens is 467 g/mol. The summed E-state index contributed by atoms with van der Waals surface area (Å²) < 4.78 is 6.23. The van der Waals surface area contributed by atoms with Gasteiger partial charge in [0.1, 0.15) is 5.58 Å². The number of rotatable bonds is 4. The van der Waals surface area contributed by atoms with Crippen LogP contribution in [-0.2, 0) is 6.54 Å². The largest absolute Gasteiger partial charge is 0.475 e. The number of furan rings is 1. The first-order valence-corrected chi connectivity index (χ1v) is 10.3. The van der Waals surface area contributed by atoms with Crippen molar-refractivity contribution >= 4 is 61.8 Å². The van der Waals surface area contributed by atoms with Gasteiger partial charge >= 0.3 is 5.97 Å². The van der Waals surface area contributed by atoms with Crippen LogP contribution in [0.4, 0.5) is 5.69 Å². The number of piperazine rings is 1. The molecule has 28 heavy (non-hydrogen) atoms. The van der Waals surface area contributed by atoms with E-state index in [0.29, 0.717) is 15.6 Å². The maximum atomic E-state index is 11.2. The maximum absolute atomic E-state index is 11.2. The lowest BCUT2D eigenvalue weighted by Gasteiger charge is -2.36. The summed E-state index contributed by atoms with van der Waals surface area (Å²) in [7, 11) is 0. The van der Waals surface area contributed by atoms with Gasteiger partial charge in [-0.25, -0.2) is 4.79 Å². The molecule has 8 heteroatoms. The summed E-state index contributed by atoms with van der Waals surface area (Å²) in [5.41, 5.74) is 2.54. The third-order valence-electron chi connectivity index (χ3n) is 4.98. The summed E-state index contributed by atoms with van der Waals surface area (Å²) in [4.78, 5) is 15.8. The van der Waals surface area contributed by atoms with E-state index in [-0.39, 0.29) is 5.76 Å². The molecule has 0 amide bonds. The molecule has 0 aliphatic carbocycles. The number of carboxylic acid groups (broad SMARTS) is 1. The van der Waals surface area contributed by atoms with Crippen LogP contribution in [0.1, 0.15) is 16.1 Å². The van der Waals surface area contributed by atoms with Gasteiger partial charge in [0.25, 0.3) is 0 Å². The molecule has 1 fully saturated rings. The molecule has 0 unspecified atom stereocenters. The Labute approximate surface area is 180 Å². The van der Waals surface area contributed by atoms with Crippen LogP contribution in [0.5, 0.6) is 0 Å². The standard InChI is InChI=1S/C20H17BrCl2N2O3/c21-19-12-10-18(20(26)27)28-17(12)5-4-16(19)25-8-6-24(7-9-25)11-13-14(22)2-1-3-15(13)23/h1-5,10H,6-9,11H2,(H,26,27). The van der Waals surface area contributed by atoms with Gasteiger partial charge in [-0.2, -0.15) is 0 Å². The topological polar surface area (TPSA) is 56.9 Å². The lowest BCUT2D eigenvalue weighted by atomic mass is 10.1. The highest BCUT2D eigenvalue weighted by atomic mass is 79.9. The fourth-order valence-corrected chi connectivity index (χ4v) is 4.68. The molecule has 1 aliphatic heterocycles. The van der Waals surface area contributed by atoms with Crippen molar-refractivity contribution in [2.75, 3.05) is 31.1 Å². The molecule has 1 saturated heterocycles. The first kappa shape index (κ1) is 19.6. The average molecular weight is 484 g/mol. The first-order chi connectivity index (χ1) is 13.4. The SMILES string of the molecule is O=C(O)c1cc2c(Br)c(N3CCN(Cc4c(Cl)cccc4Cl)CC3)ccc2o1. The van der Waals surface area contributed by atoms with E-state index < -0.39 is 5.97 Å². The quantitative estimate of drug-likeness (QED) is 0.529. The normalized spacial score (nSPS) is 15.3. The van der Waals surface area contributed by atoms with Crippen molar-refractivity contribution in [2.24, 2.45) is 0 Å². The van der Waals surface area contributed by atoms with Crippen LogP contribution < -0.4 is 4.90 Å². The molecule has 3 aromatic rings. The van der Waals surface area contributed by atoms with E-state index in [1.165, 1.54) is 0 Å². The van der Waals surface area contributed by atoms with Gasteiger partial charge < -0.3 is 14.4 Å². The second kappa shape index (κ2) is 7.95. The van der Waals surface area contributed by atoms with E-state index in [2.05, 4.69) is 25.7 Å². The molecule has 2 heterocycles. The number of hydrogen-bond acceptors (Lipinski definition) is 4. The number of nitrogens with zero attached hydrogens (tertiary/aromatic N) is 2. The summed E-state index contributed by atoms with van der Waals surface area (Å²) in [6.07, 6.45) is 0. The first-order valence-electron chi connectivity index (χ1n) is 8.79. The highest BCUT2D eigenvalue weighted by Crippen LogP contribution is 2.36. The van der Waals surface area contributed by atoms with E-state index in [0.717, 1.165) is 53.8 Å². The van der Waals surface area contributed by atoms with Gasteiger partial charge in [0.2, 0.25) is 5.76 Å². The van der Waals surface area contributed by atoms with Crippen LogP contribution >= 0.6 is 39.1 Å². The molecule has 0 radical (unpaired) electrons. The third-order valence-corrected chi connectivity index (χ3v) is 6.52. The molecule has 0 bridgehead atoms. The van der Waals surface area contributed by atoms with Crippen molar-refractivity contribution in [1.82, 2.24) is 4.90 Å². The predicted molar refractivity (Wildman–Crippen MR) is 115 cm³/mol. The molecule has 0 atom stereocenters. The van der Waals surface area contributed by atoms with Crippen molar-refractivity contribution < 1.29 is 14.3 Å². The Hall–Kier alpha value is -1.73. The van der Waals surface area contributed by atoms with Crippen molar-refractivity contribution in [3.8, 4) is 0 Å². The van der Waals surface area contributed by atoms with Crippen molar-refractivity contribution in [3.63, 3.8) is 0 Å². The van der Waals surface area contributed by atoms with Gasteiger partial charge in [0.05, 0.1) is 10.2 Å². The molecule has 0 saturated carbocycles. The molecule has 4 rings (SSSR count). The van der Waals surface area contributed by atoms with Crippen LogP contribution in [-0.4, -0.2) is 42.2 Å². The third kappa shape index (κ3) is 3.74. The Morgan fingerprint density at radius 2 is 1.79 bits per heavy atom. The van der Waals surface area contributed by atoms with Crippen LogP contribution in [0.3, 0.4) is 0 Å². The van der Waals surface area contributed by atoms with E-state index in [1.807, 2.05) is 30.3 Å². The number of benzene rings is 2. The summed E-state index contributed by atoms with van der Waals surface area (Å²) in [5.74, 6) is -1.13. The van der Waals surface area contributed by atoms with Crippen LogP contribution in [0.2, 0.25) is 10.0 Å². The summed E-state index contributed by atoms with van der Waals surface area (Å²) in [6, 6.07) is 10.9. The van der Waals surface area contributed by atoms with Gasteiger partial charge in [0, 0.05) is 59.8 Å². The van der Waals surface area contributed by atoms with Crippen molar-refractivity contribution in [2.45, 2.75) is 6.54 Å². The lowest BCUT2D eigenvalue weighted by molar-refractivity contribution is 0.0665. The zero-order chi connectivity index (χ0) is 19.8.